The second-order valence-corrected chi connectivity index (χ2v) is 6.00. The zero-order valence-electron chi connectivity index (χ0n) is 10.7. The van der Waals surface area contributed by atoms with E-state index in [1.54, 1.807) is 0 Å². The van der Waals surface area contributed by atoms with Crippen molar-refractivity contribution in [2.24, 2.45) is 11.8 Å². The number of fused-ring (bicyclic) bond motifs is 2. The third-order valence-corrected chi connectivity index (χ3v) is 4.98. The molecule has 1 saturated carbocycles. The molecule has 0 aromatic carbocycles. The Balaban J connectivity index is 1.85. The summed E-state index contributed by atoms with van der Waals surface area (Å²) in [6, 6.07) is -0.0376. The van der Waals surface area contributed by atoms with Gasteiger partial charge in [-0.1, -0.05) is 13.8 Å². The highest BCUT2D eigenvalue weighted by Crippen LogP contribution is 2.42. The van der Waals surface area contributed by atoms with Crippen molar-refractivity contribution >= 4 is 5.91 Å². The Morgan fingerprint density at radius 3 is 3.00 bits per heavy atom. The van der Waals surface area contributed by atoms with E-state index in [-0.39, 0.29) is 17.6 Å². The summed E-state index contributed by atoms with van der Waals surface area (Å²) in [6.45, 7) is 6.86. The average Bonchev–Trinajstić information content (AvgIpc) is 2.59. The van der Waals surface area contributed by atoms with Gasteiger partial charge in [0.15, 0.2) is 0 Å². The first kappa shape index (κ1) is 11.5. The van der Waals surface area contributed by atoms with Crippen LogP contribution in [0.1, 0.15) is 33.1 Å². The lowest BCUT2D eigenvalue weighted by molar-refractivity contribution is -0.125. The minimum absolute atomic E-state index is 0.0376. The minimum Gasteiger partial charge on any atom is -0.378 e. The van der Waals surface area contributed by atoms with Crippen LogP contribution in [0.4, 0.5) is 0 Å². The molecule has 96 valence electrons. The molecular formula is C13H22N2O2. The summed E-state index contributed by atoms with van der Waals surface area (Å²) in [6.07, 6.45) is 3.41. The van der Waals surface area contributed by atoms with E-state index in [1.165, 1.54) is 6.42 Å². The van der Waals surface area contributed by atoms with E-state index < -0.39 is 0 Å². The minimum atomic E-state index is -0.0581. The fourth-order valence-electron chi connectivity index (χ4n) is 3.68. The maximum atomic E-state index is 12.0. The lowest BCUT2D eigenvalue weighted by Gasteiger charge is -2.47. The summed E-state index contributed by atoms with van der Waals surface area (Å²) < 4.78 is 5.43. The van der Waals surface area contributed by atoms with Gasteiger partial charge in [-0.05, 0) is 31.1 Å². The Morgan fingerprint density at radius 1 is 1.41 bits per heavy atom. The molecule has 1 spiro atoms. The molecule has 0 unspecified atom stereocenters. The lowest BCUT2D eigenvalue weighted by Crippen LogP contribution is -2.59. The molecular weight excluding hydrogens is 216 g/mol. The van der Waals surface area contributed by atoms with Crippen LogP contribution < -0.4 is 5.32 Å². The molecule has 1 N–H and O–H groups in total. The first-order valence-corrected chi connectivity index (χ1v) is 6.79. The fourth-order valence-corrected chi connectivity index (χ4v) is 3.68. The Bertz CT molecular complexity index is 333. The van der Waals surface area contributed by atoms with Gasteiger partial charge in [0, 0.05) is 6.54 Å². The molecule has 1 aliphatic carbocycles. The zero-order valence-corrected chi connectivity index (χ0v) is 10.7. The van der Waals surface area contributed by atoms with Gasteiger partial charge in [-0.2, -0.15) is 0 Å². The van der Waals surface area contributed by atoms with Crippen molar-refractivity contribution in [1.82, 2.24) is 10.2 Å². The number of amides is 1. The normalized spacial score (nSPS) is 46.9. The fraction of sp³-hybridized carbons (Fsp3) is 0.923. The van der Waals surface area contributed by atoms with Crippen molar-refractivity contribution in [3.8, 4) is 0 Å². The highest BCUT2D eigenvalue weighted by atomic mass is 16.5. The number of hydrogen-bond donors (Lipinski definition) is 1. The van der Waals surface area contributed by atoms with Crippen molar-refractivity contribution in [3.05, 3.63) is 0 Å². The van der Waals surface area contributed by atoms with E-state index in [2.05, 4.69) is 24.1 Å². The van der Waals surface area contributed by atoms with Crippen LogP contribution >= 0.6 is 0 Å². The van der Waals surface area contributed by atoms with Crippen LogP contribution in [-0.4, -0.2) is 42.3 Å². The van der Waals surface area contributed by atoms with E-state index in [9.17, 15) is 4.79 Å². The molecule has 2 aliphatic heterocycles. The Kier molecular flexibility index (Phi) is 2.67. The summed E-state index contributed by atoms with van der Waals surface area (Å²) in [7, 11) is 0. The second kappa shape index (κ2) is 3.95. The molecule has 2 saturated heterocycles. The molecule has 3 fully saturated rings. The van der Waals surface area contributed by atoms with Gasteiger partial charge in [0.2, 0.25) is 5.91 Å². The molecule has 17 heavy (non-hydrogen) atoms. The highest BCUT2D eigenvalue weighted by Gasteiger charge is 2.53. The molecule has 0 radical (unpaired) electrons. The van der Waals surface area contributed by atoms with E-state index in [0.29, 0.717) is 12.5 Å². The summed E-state index contributed by atoms with van der Waals surface area (Å²) in [5.41, 5.74) is -0.0581. The van der Waals surface area contributed by atoms with Crippen LogP contribution in [0.2, 0.25) is 0 Å². The maximum Gasteiger partial charge on any atom is 0.241 e. The summed E-state index contributed by atoms with van der Waals surface area (Å²) in [4.78, 5) is 14.4. The molecule has 0 aromatic rings. The van der Waals surface area contributed by atoms with E-state index in [4.69, 9.17) is 4.74 Å². The van der Waals surface area contributed by atoms with Crippen molar-refractivity contribution in [2.75, 3.05) is 19.8 Å². The third-order valence-electron chi connectivity index (χ3n) is 4.98. The number of carbonyl (C=O) groups excluding carboxylic acids is 1. The summed E-state index contributed by atoms with van der Waals surface area (Å²) in [5.74, 6) is 1.63. The topological polar surface area (TPSA) is 41.6 Å². The smallest absolute Gasteiger partial charge is 0.241 e. The molecule has 4 nitrogen and oxygen atoms in total. The number of rotatable bonds is 0. The predicted octanol–water partition coefficient (Wildman–Crippen LogP) is 0.969. The molecule has 2 heterocycles. The molecule has 3 rings (SSSR count). The van der Waals surface area contributed by atoms with Gasteiger partial charge in [-0.3, -0.25) is 9.69 Å². The number of nitrogens with zero attached hydrogens (tertiary/aromatic N) is 1. The van der Waals surface area contributed by atoms with Gasteiger partial charge in [-0.15, -0.1) is 0 Å². The van der Waals surface area contributed by atoms with Crippen LogP contribution in [0.15, 0.2) is 0 Å². The molecule has 1 amide bonds. The first-order valence-electron chi connectivity index (χ1n) is 6.79. The Hall–Kier alpha value is -0.610. The van der Waals surface area contributed by atoms with Crippen LogP contribution in [0.5, 0.6) is 0 Å². The lowest BCUT2D eigenvalue weighted by atomic mass is 9.75. The summed E-state index contributed by atoms with van der Waals surface area (Å²) >= 11 is 0. The SMILES string of the molecule is C[C@@H]1CC[C@]2(C[C@H]1C)NC(=O)[C@@H]1COCCN12. The Morgan fingerprint density at radius 2 is 2.24 bits per heavy atom. The molecule has 0 aromatic heterocycles. The van der Waals surface area contributed by atoms with Crippen LogP contribution in [0, 0.1) is 11.8 Å². The van der Waals surface area contributed by atoms with Crippen molar-refractivity contribution < 1.29 is 9.53 Å². The van der Waals surface area contributed by atoms with Crippen molar-refractivity contribution in [2.45, 2.75) is 44.8 Å². The van der Waals surface area contributed by atoms with Gasteiger partial charge in [0.05, 0.1) is 18.9 Å². The van der Waals surface area contributed by atoms with Crippen LogP contribution in [0.3, 0.4) is 0 Å². The number of ether oxygens (including phenoxy) is 1. The van der Waals surface area contributed by atoms with Gasteiger partial charge >= 0.3 is 0 Å². The molecule has 4 atom stereocenters. The third kappa shape index (κ3) is 1.69. The monoisotopic (exact) mass is 238 g/mol. The highest BCUT2D eigenvalue weighted by molar-refractivity contribution is 5.85. The first-order chi connectivity index (χ1) is 8.12. The predicted molar refractivity (Wildman–Crippen MR) is 64.4 cm³/mol. The van der Waals surface area contributed by atoms with Crippen LogP contribution in [0.25, 0.3) is 0 Å². The van der Waals surface area contributed by atoms with E-state index >= 15 is 0 Å². The van der Waals surface area contributed by atoms with E-state index in [0.717, 1.165) is 31.9 Å². The molecule has 3 aliphatic rings. The quantitative estimate of drug-likeness (QED) is 0.683. The molecule has 0 bridgehead atoms. The van der Waals surface area contributed by atoms with Gasteiger partial charge < -0.3 is 10.1 Å². The van der Waals surface area contributed by atoms with Gasteiger partial charge in [-0.25, -0.2) is 0 Å². The van der Waals surface area contributed by atoms with Crippen molar-refractivity contribution in [3.63, 3.8) is 0 Å². The van der Waals surface area contributed by atoms with Gasteiger partial charge in [0.25, 0.3) is 0 Å². The maximum absolute atomic E-state index is 12.0. The largest absolute Gasteiger partial charge is 0.378 e. The number of morpholine rings is 1. The number of hydrogen-bond acceptors (Lipinski definition) is 3. The average molecular weight is 238 g/mol. The summed E-state index contributed by atoms with van der Waals surface area (Å²) in [5, 5.41) is 3.27. The van der Waals surface area contributed by atoms with Crippen molar-refractivity contribution in [1.29, 1.82) is 0 Å². The second-order valence-electron chi connectivity index (χ2n) is 6.00. The Labute approximate surface area is 103 Å². The van der Waals surface area contributed by atoms with Gasteiger partial charge in [0.1, 0.15) is 6.04 Å². The van der Waals surface area contributed by atoms with E-state index in [1.807, 2.05) is 0 Å². The van der Waals surface area contributed by atoms with Crippen LogP contribution in [-0.2, 0) is 9.53 Å². The zero-order chi connectivity index (χ0) is 12.0. The standard InChI is InChI=1S/C13H22N2O2/c1-9-3-4-13(7-10(9)2)14-12(16)11-8-17-6-5-15(11)13/h9-11H,3-8H2,1-2H3,(H,14,16)/t9-,10-,11+,13+/m1/s1. The molecule has 4 heteroatoms. The number of carbonyl (C=O) groups is 1. The number of nitrogens with one attached hydrogen (secondary N) is 1.